The Morgan fingerprint density at radius 2 is 0.938 bits per heavy atom. The summed E-state index contributed by atoms with van der Waals surface area (Å²) in [6.45, 7) is 0. The van der Waals surface area contributed by atoms with Gasteiger partial charge in [0.1, 0.15) is 11.2 Å². The van der Waals surface area contributed by atoms with Crippen molar-refractivity contribution < 1.29 is 4.42 Å². The maximum Gasteiger partial charge on any atom is 0.238 e. The molecule has 7 aromatic carbocycles. The highest BCUT2D eigenvalue weighted by Gasteiger charge is 2.19. The van der Waals surface area contributed by atoms with Gasteiger partial charge < -0.3 is 4.42 Å². The molecule has 0 radical (unpaired) electrons. The SMILES string of the molecule is c1ccc(-c2ccc(-c3nc(-c4cccc5c4ccc4c6ccccc6oc54)nc(-n4c5ccccc5c5ccccc54)n3)cc2)cc1. The van der Waals surface area contributed by atoms with Crippen molar-refractivity contribution in [3.05, 3.63) is 158 Å². The van der Waals surface area contributed by atoms with E-state index in [0.717, 1.165) is 71.2 Å². The average Bonchev–Trinajstić information content (AvgIpc) is 3.71. The lowest BCUT2D eigenvalue weighted by atomic mass is 10.0. The number of benzene rings is 7. The monoisotopic (exact) mass is 614 g/mol. The van der Waals surface area contributed by atoms with Crippen molar-refractivity contribution >= 4 is 54.5 Å². The van der Waals surface area contributed by atoms with E-state index in [4.69, 9.17) is 19.4 Å². The molecule has 0 spiro atoms. The Hall–Kier alpha value is -6.59. The van der Waals surface area contributed by atoms with Crippen LogP contribution in [0.2, 0.25) is 0 Å². The number of hydrogen-bond acceptors (Lipinski definition) is 4. The van der Waals surface area contributed by atoms with E-state index < -0.39 is 0 Å². The van der Waals surface area contributed by atoms with Crippen LogP contribution in [0.5, 0.6) is 0 Å². The molecule has 0 amide bonds. The van der Waals surface area contributed by atoms with Crippen molar-refractivity contribution in [1.82, 2.24) is 19.5 Å². The maximum absolute atomic E-state index is 6.42. The fourth-order valence-electron chi connectivity index (χ4n) is 7.03. The van der Waals surface area contributed by atoms with Crippen molar-refractivity contribution in [2.45, 2.75) is 0 Å². The van der Waals surface area contributed by atoms with Gasteiger partial charge in [-0.25, -0.2) is 4.98 Å². The Balaban J connectivity index is 1.23. The van der Waals surface area contributed by atoms with Crippen LogP contribution >= 0.6 is 0 Å². The third-order valence-electron chi connectivity index (χ3n) is 9.30. The van der Waals surface area contributed by atoms with E-state index in [-0.39, 0.29) is 0 Å². The molecular formula is C43H26N4O. The van der Waals surface area contributed by atoms with Crippen molar-refractivity contribution in [1.29, 1.82) is 0 Å². The van der Waals surface area contributed by atoms with Crippen molar-refractivity contribution in [3.8, 4) is 39.9 Å². The molecule has 10 aromatic rings. The Kier molecular flexibility index (Phi) is 5.81. The van der Waals surface area contributed by atoms with Crippen LogP contribution in [0.1, 0.15) is 0 Å². The molecule has 0 aliphatic carbocycles. The smallest absolute Gasteiger partial charge is 0.238 e. The van der Waals surface area contributed by atoms with Gasteiger partial charge in [-0.05, 0) is 40.8 Å². The first kappa shape index (κ1) is 26.6. The number of rotatable bonds is 4. The lowest BCUT2D eigenvalue weighted by Gasteiger charge is -2.12. The Bertz CT molecular complexity index is 2780. The van der Waals surface area contributed by atoms with Crippen molar-refractivity contribution in [2.24, 2.45) is 0 Å². The normalized spacial score (nSPS) is 11.8. The number of hydrogen-bond donors (Lipinski definition) is 0. The van der Waals surface area contributed by atoms with Gasteiger partial charge in [-0.2, -0.15) is 9.97 Å². The predicted molar refractivity (Wildman–Crippen MR) is 195 cm³/mol. The molecule has 0 atom stereocenters. The van der Waals surface area contributed by atoms with E-state index >= 15 is 0 Å². The molecule has 3 aromatic heterocycles. The van der Waals surface area contributed by atoms with Gasteiger partial charge in [0.2, 0.25) is 5.95 Å². The summed E-state index contributed by atoms with van der Waals surface area (Å²) < 4.78 is 8.57. The summed E-state index contributed by atoms with van der Waals surface area (Å²) in [7, 11) is 0. The minimum atomic E-state index is 0.571. The van der Waals surface area contributed by atoms with Gasteiger partial charge in [0.05, 0.1) is 11.0 Å². The van der Waals surface area contributed by atoms with Gasteiger partial charge in [0, 0.05) is 38.1 Å². The number of aromatic nitrogens is 4. The molecule has 224 valence electrons. The molecule has 48 heavy (non-hydrogen) atoms. The van der Waals surface area contributed by atoms with Crippen LogP contribution in [0.3, 0.4) is 0 Å². The van der Waals surface area contributed by atoms with Crippen LogP contribution in [-0.4, -0.2) is 19.5 Å². The first-order chi connectivity index (χ1) is 23.8. The molecule has 5 heteroatoms. The molecular weight excluding hydrogens is 589 g/mol. The summed E-state index contributed by atoms with van der Waals surface area (Å²) >= 11 is 0. The first-order valence-electron chi connectivity index (χ1n) is 16.0. The van der Waals surface area contributed by atoms with Gasteiger partial charge in [-0.1, -0.05) is 133 Å². The second-order valence-electron chi connectivity index (χ2n) is 12.0. The fourth-order valence-corrected chi connectivity index (χ4v) is 7.03. The topological polar surface area (TPSA) is 56.7 Å². The highest BCUT2D eigenvalue weighted by molar-refractivity contribution is 6.17. The molecule has 0 fully saturated rings. The summed E-state index contributed by atoms with van der Waals surface area (Å²) in [5, 5.41) is 6.55. The zero-order valence-corrected chi connectivity index (χ0v) is 25.7. The molecule has 0 saturated carbocycles. The zero-order chi connectivity index (χ0) is 31.6. The summed E-state index contributed by atoms with van der Waals surface area (Å²) in [4.78, 5) is 15.5. The highest BCUT2D eigenvalue weighted by atomic mass is 16.3. The van der Waals surface area contributed by atoms with E-state index in [9.17, 15) is 0 Å². The predicted octanol–water partition coefficient (Wildman–Crippen LogP) is 11.0. The average molecular weight is 615 g/mol. The van der Waals surface area contributed by atoms with Crippen molar-refractivity contribution in [3.63, 3.8) is 0 Å². The lowest BCUT2D eigenvalue weighted by Crippen LogP contribution is -2.06. The second kappa shape index (κ2) is 10.5. The van der Waals surface area contributed by atoms with Crippen LogP contribution in [0.25, 0.3) is 94.4 Å². The summed E-state index contributed by atoms with van der Waals surface area (Å²) in [5.74, 6) is 1.78. The fraction of sp³-hybridized carbons (Fsp3) is 0. The first-order valence-corrected chi connectivity index (χ1v) is 16.0. The quantitative estimate of drug-likeness (QED) is 0.198. The van der Waals surface area contributed by atoms with Crippen LogP contribution in [-0.2, 0) is 0 Å². The zero-order valence-electron chi connectivity index (χ0n) is 25.7. The minimum Gasteiger partial charge on any atom is -0.455 e. The third-order valence-corrected chi connectivity index (χ3v) is 9.30. The largest absolute Gasteiger partial charge is 0.455 e. The van der Waals surface area contributed by atoms with Gasteiger partial charge in [0.15, 0.2) is 11.6 Å². The van der Waals surface area contributed by atoms with Crippen LogP contribution in [0.15, 0.2) is 162 Å². The molecule has 5 nitrogen and oxygen atoms in total. The third kappa shape index (κ3) is 4.08. The van der Waals surface area contributed by atoms with E-state index in [0.29, 0.717) is 17.6 Å². The van der Waals surface area contributed by atoms with Crippen LogP contribution in [0, 0.1) is 0 Å². The van der Waals surface area contributed by atoms with Crippen molar-refractivity contribution in [2.75, 3.05) is 0 Å². The summed E-state index contributed by atoms with van der Waals surface area (Å²) in [5.41, 5.74) is 7.97. The number of fused-ring (bicyclic) bond motifs is 8. The molecule has 0 bridgehead atoms. The number of furan rings is 1. The maximum atomic E-state index is 6.42. The number of para-hydroxylation sites is 3. The Morgan fingerprint density at radius 1 is 0.375 bits per heavy atom. The van der Waals surface area contributed by atoms with E-state index in [2.05, 4.69) is 138 Å². The molecule has 0 saturated heterocycles. The van der Waals surface area contributed by atoms with Gasteiger partial charge in [0.25, 0.3) is 0 Å². The van der Waals surface area contributed by atoms with E-state index in [1.165, 1.54) is 5.56 Å². The lowest BCUT2D eigenvalue weighted by molar-refractivity contribution is 0.672. The van der Waals surface area contributed by atoms with E-state index in [1.807, 2.05) is 24.3 Å². The highest BCUT2D eigenvalue weighted by Crippen LogP contribution is 2.38. The molecule has 3 heterocycles. The summed E-state index contributed by atoms with van der Waals surface area (Å²) in [6, 6.07) is 54.4. The summed E-state index contributed by atoms with van der Waals surface area (Å²) in [6.07, 6.45) is 0. The minimum absolute atomic E-state index is 0.571. The van der Waals surface area contributed by atoms with Crippen LogP contribution < -0.4 is 0 Å². The van der Waals surface area contributed by atoms with Crippen LogP contribution in [0.4, 0.5) is 0 Å². The standard InChI is InChI=1S/C43H26N4O/c1-2-11-27(12-3-1)28-21-23-29(24-22-28)41-44-42(46-43(45-41)47-37-18-7-4-13-31(37)32-14-5-8-19-38(32)47)36-17-10-16-34-30(36)25-26-35-33-15-6-9-20-39(33)48-40(34)35/h1-26H. The molecule has 0 N–H and O–H groups in total. The number of nitrogens with zero attached hydrogens (tertiary/aromatic N) is 4. The molecule has 0 aliphatic heterocycles. The second-order valence-corrected chi connectivity index (χ2v) is 12.0. The van der Waals surface area contributed by atoms with Gasteiger partial charge in [-0.15, -0.1) is 0 Å². The van der Waals surface area contributed by atoms with E-state index in [1.54, 1.807) is 0 Å². The molecule has 10 rings (SSSR count). The molecule has 0 aliphatic rings. The van der Waals surface area contributed by atoms with Gasteiger partial charge >= 0.3 is 0 Å². The Labute approximate surface area is 275 Å². The molecule has 0 unspecified atom stereocenters. The van der Waals surface area contributed by atoms with Gasteiger partial charge in [-0.3, -0.25) is 4.57 Å². The Morgan fingerprint density at radius 3 is 1.71 bits per heavy atom.